The second-order valence-corrected chi connectivity index (χ2v) is 28.9. The Morgan fingerprint density at radius 1 is 0.664 bits per heavy atom. The van der Waals surface area contributed by atoms with Gasteiger partial charge in [0.25, 0.3) is 0 Å². The predicted molar refractivity (Wildman–Crippen MR) is 427 cm³/mol. The van der Waals surface area contributed by atoms with Crippen LogP contribution in [0.3, 0.4) is 0 Å². The molecule has 0 bridgehead atoms. The molecule has 2 radical (unpaired) electrons. The number of aliphatic hydroxyl groups excluding tert-OH is 3. The van der Waals surface area contributed by atoms with Crippen molar-refractivity contribution in [3.8, 4) is 18.0 Å². The number of aliphatic hydroxyl groups is 3. The molecule has 39 heteroatoms. The summed E-state index contributed by atoms with van der Waals surface area (Å²) in [6, 6.07) is 2.31. The molecule has 34 nitrogen and oxygen atoms in total. The molecule has 0 aromatic heterocycles. The number of epoxide rings is 1. The number of amides is 1. The second kappa shape index (κ2) is 55.8. The van der Waals surface area contributed by atoms with Gasteiger partial charge in [-0.25, -0.2) is 0 Å². The summed E-state index contributed by atoms with van der Waals surface area (Å²) < 4.78 is 101. The van der Waals surface area contributed by atoms with Gasteiger partial charge >= 0.3 is 43.0 Å². The van der Waals surface area contributed by atoms with E-state index in [1.54, 1.807) is 36.5 Å². The Hall–Kier alpha value is -3.68. The van der Waals surface area contributed by atoms with E-state index in [1.165, 1.54) is 13.0 Å². The van der Waals surface area contributed by atoms with Gasteiger partial charge in [-0.15, -0.1) is 6.58 Å². The molecular formula is C71H151B4FN10O24. The fraction of sp³-hybridized carbons (Fsp3) is 0.915. The summed E-state index contributed by atoms with van der Waals surface area (Å²) in [4.78, 5) is 15.1. The molecule has 0 aliphatic carbocycles. The zero-order chi connectivity index (χ0) is 77.7. The van der Waals surface area contributed by atoms with Gasteiger partial charge in [-0.3, -0.25) is 9.50 Å². The fourth-order valence-electron chi connectivity index (χ4n) is 10.2. The Morgan fingerprint density at radius 2 is 1.02 bits per heavy atom. The van der Waals surface area contributed by atoms with Crippen LogP contribution < -0.4 is 27.7 Å². The quantitative estimate of drug-likeness (QED) is 0.0127. The summed E-state index contributed by atoms with van der Waals surface area (Å²) >= 11 is 0. The summed E-state index contributed by atoms with van der Waals surface area (Å²) in [7, 11) is 4.34. The monoisotopic (exact) mass is 1590 g/mol. The minimum absolute atomic E-state index is 0. The number of ether oxygens (including phenoxy) is 17. The van der Waals surface area contributed by atoms with Crippen molar-refractivity contribution < 1.29 is 122 Å². The minimum atomic E-state index is -0.661. The summed E-state index contributed by atoms with van der Waals surface area (Å²) in [6.45, 7) is 50.9. The molecule has 0 saturated carbocycles. The largest absolute Gasteiger partial charge is 0.348 e. The smallest absolute Gasteiger partial charge is 0.200 e. The molecule has 648 valence electrons. The maximum absolute atomic E-state index is 10.7. The van der Waals surface area contributed by atoms with Gasteiger partial charge < -0.3 is 133 Å². The van der Waals surface area contributed by atoms with Crippen molar-refractivity contribution in [3.63, 3.8) is 0 Å². The molecule has 0 aromatic carbocycles. The molecule has 110 heavy (non-hydrogen) atoms. The third-order valence-corrected chi connectivity index (χ3v) is 15.8. The zero-order valence-electron chi connectivity index (χ0n) is 65.3. The number of hydrogen-bond acceptors (Lipinski definition) is 31. The van der Waals surface area contributed by atoms with E-state index < -0.39 is 66.8 Å². The Morgan fingerprint density at radius 3 is 1.29 bits per heavy atom. The first-order valence-corrected chi connectivity index (χ1v) is 34.7. The number of nitriles is 1. The summed E-state index contributed by atoms with van der Waals surface area (Å²) in [5, 5.41) is 64.3. The SMILES string of the molecule is C.C.C.C.C.C.C=CC1COC(C)(C)O1.CB(O)NC[C@H](C)[C@H]1COC(C)(C)O1.CB(O)NC[C@H](O)[C@H]1COC(C)(C)O1.CC#N.CC1(C)OCC(C2CN2)O1.CC1(C)OC[C@H]([C@@H](O)CN)O1.CC1(C)OC[C@H]([C@@H]2CO2)O1.CCC(N=[N+]=[N-])C1COC(C)(C)O1.F.N.O=BC#CO.[3HH].[B]C(=O)N1C[C@H]1[C@H]1COC(C)(C)O1. The van der Waals surface area contributed by atoms with Crippen molar-refractivity contribution >= 4 is 34.9 Å². The van der Waals surface area contributed by atoms with Crippen LogP contribution in [0.1, 0.15) is 184 Å². The topological polar surface area (TPSA) is 478 Å². The minimum Gasteiger partial charge on any atom is -0.348 e. The Kier molecular flexibility index (Phi) is 60.6. The molecule has 15 atom stereocenters. The molecule has 11 fully saturated rings. The number of hydrogen-bond donors (Lipinski definition) is 10. The van der Waals surface area contributed by atoms with E-state index in [9.17, 15) is 15.0 Å². The van der Waals surface area contributed by atoms with Crippen molar-refractivity contribution in [1.29, 1.82) is 5.26 Å². The molecule has 11 rings (SSSR count). The Bertz CT molecular complexity index is 2560. The van der Waals surface area contributed by atoms with Crippen LogP contribution in [0.2, 0.25) is 13.6 Å². The molecule has 1 amide bonds. The van der Waals surface area contributed by atoms with Crippen LogP contribution in [0, 0.1) is 29.2 Å². The predicted octanol–water partition coefficient (Wildman–Crippen LogP) is 7.67. The van der Waals surface area contributed by atoms with Gasteiger partial charge in [0.05, 0.1) is 102 Å². The molecule has 0 aromatic rings. The maximum atomic E-state index is 10.7. The van der Waals surface area contributed by atoms with E-state index in [2.05, 4.69) is 39.3 Å². The average molecular weight is 1590 g/mol. The summed E-state index contributed by atoms with van der Waals surface area (Å²) in [6.07, 6.45) is 2.93. The second-order valence-electron chi connectivity index (χ2n) is 28.9. The van der Waals surface area contributed by atoms with E-state index >= 15 is 0 Å². The van der Waals surface area contributed by atoms with Crippen molar-refractivity contribution in [2.75, 3.05) is 92.2 Å². The molecule has 11 aliphatic heterocycles. The van der Waals surface area contributed by atoms with Crippen LogP contribution in [0.25, 0.3) is 10.4 Å². The number of carbonyl (C=O) groups is 1. The van der Waals surface area contributed by atoms with E-state index in [1.807, 2.05) is 118 Å². The Balaban J connectivity index is -0.000000178. The number of azide groups is 1. The number of nitrogens with zero attached hydrogens (tertiary/aromatic N) is 5. The molecule has 0 spiro atoms. The fourth-order valence-corrected chi connectivity index (χ4v) is 10.2. The van der Waals surface area contributed by atoms with E-state index in [0.29, 0.717) is 84.6 Å². The number of nitrogens with one attached hydrogen (secondary N) is 3. The van der Waals surface area contributed by atoms with E-state index in [0.717, 1.165) is 32.7 Å². The molecule has 5 unspecified atom stereocenters. The Labute approximate surface area is 663 Å². The standard InChI is InChI=1S/C9H20BNO3.C8H18BNO4.C8H12BNO3.C8H15N3O2.C7H15NO3.C7H13NO2.C7H12O3.C7H12O2.C2HBO2.C2H3N.6CH4.FH.H3N.H2/c1-7(5-11-10(4)12)8-6-13-9(2,3)14-8;1-8(2)13-5-7(14-8)6(11)4-10-9(3)12;1-8(2)12-4-6(13-8)5-3-10(5)7(9)11;1-4-6(10-11-9)7-5-12-8(2,3)13-7;1-7(2)10-4-6(11-7)5(9)3-8;2*1-7(2)9-4-6(10-7)5-3-8-5;1-4-6-5-8-7(2,3)9-6;4-2-1-3-5;1-2-3;;;;;;;;;/h7-8,11-12H,5-6H2,1-4H3;6-7,10-12H,4-5H2,1-3H3;5-6H,3-4H2,1-2H3;6-7H,4-5H2,1-3H3;5-6,9H,3-4,8H2,1-2H3;5-6,8H,3-4H2,1-2H3;5-6H,3-4H2,1-2H3;4,6H,1,5H2,2-3H3;4H;1H3;6*1H4;1H;1H3;1H/t7-,8+;6-,7+;5-,6+,10?;;5-,6+;;5-,6+;;;;;;;;;;;;/m000.0.0............/s1/i;;;;;;;;;;;;;;;;;;1+2. The van der Waals surface area contributed by atoms with Crippen LogP contribution in [-0.4, -0.2) is 289 Å². The molecule has 13 N–H and O–H groups in total. The van der Waals surface area contributed by atoms with Crippen LogP contribution >= 0.6 is 0 Å². The van der Waals surface area contributed by atoms with Crippen LogP contribution in [0.4, 0.5) is 9.50 Å². The van der Waals surface area contributed by atoms with Crippen LogP contribution in [0.15, 0.2) is 17.8 Å². The third-order valence-electron chi connectivity index (χ3n) is 15.8. The summed E-state index contributed by atoms with van der Waals surface area (Å²) in [5.41, 5.74) is 13.6. The molecule has 11 saturated heterocycles. The molecule has 11 aliphatic rings. The number of halogens is 1. The molecule has 11 heterocycles. The first-order valence-electron chi connectivity index (χ1n) is 34.7. The van der Waals surface area contributed by atoms with Crippen LogP contribution in [0.5, 0.6) is 0 Å². The number of carbonyl (C=O) groups excluding carboxylic acids is 1. The van der Waals surface area contributed by atoms with Gasteiger partial charge in [0, 0.05) is 45.5 Å². The van der Waals surface area contributed by atoms with Gasteiger partial charge in [-0.05, 0) is 149 Å². The third kappa shape index (κ3) is 49.9. The van der Waals surface area contributed by atoms with Crippen molar-refractivity contribution in [3.05, 3.63) is 23.1 Å². The first kappa shape index (κ1) is 120. The zero-order valence-corrected chi connectivity index (χ0v) is 65.3. The van der Waals surface area contributed by atoms with Gasteiger partial charge in [-0.1, -0.05) is 69.6 Å². The normalized spacial score (nSPS) is 28.7. The maximum Gasteiger partial charge on any atom is 0.200 e. The van der Waals surface area contributed by atoms with Gasteiger partial charge in [0.1, 0.15) is 42.7 Å². The van der Waals surface area contributed by atoms with E-state index in [-0.39, 0.29) is 136 Å². The van der Waals surface area contributed by atoms with Crippen molar-refractivity contribution in [2.45, 2.75) is 328 Å². The van der Waals surface area contributed by atoms with Gasteiger partial charge in [0.2, 0.25) is 7.85 Å². The van der Waals surface area contributed by atoms with Gasteiger partial charge in [-0.2, -0.15) is 5.26 Å². The average Bonchev–Trinajstić information content (AvgIpc) is 1.63. The number of rotatable bonds is 17. The number of nitrogens with two attached hydrogens (primary N) is 1. The molecular weight excluding hydrogens is 1440 g/mol. The van der Waals surface area contributed by atoms with E-state index in [4.69, 9.17) is 125 Å². The summed E-state index contributed by atoms with van der Waals surface area (Å²) in [5.74, 6) is -2.14. The first-order chi connectivity index (χ1) is 47.3. The van der Waals surface area contributed by atoms with Gasteiger partial charge in [0.15, 0.2) is 52.1 Å². The van der Waals surface area contributed by atoms with Crippen molar-refractivity contribution in [2.24, 2.45) is 16.8 Å². The van der Waals surface area contributed by atoms with Crippen LogP contribution in [-0.2, 0) is 85.2 Å². The van der Waals surface area contributed by atoms with Crippen molar-refractivity contribution in [1.82, 2.24) is 26.8 Å².